The molecule has 0 saturated heterocycles. The number of fused-ring (bicyclic) bond motifs is 5. The van der Waals surface area contributed by atoms with Crippen LogP contribution in [-0.2, 0) is 26.3 Å². The van der Waals surface area contributed by atoms with Gasteiger partial charge in [-0.05, 0) is 98.8 Å². The Hall–Kier alpha value is -2.49. The largest absolute Gasteiger partial charge is 0.425 e. The molecule has 0 radical (unpaired) electrons. The summed E-state index contributed by atoms with van der Waals surface area (Å²) in [5, 5.41) is 11.1. The number of nitrogens with one attached hydrogen (secondary N) is 2. The molecular formula is C33H47ClN4O4S. The third-order valence-corrected chi connectivity index (χ3v) is 10.7. The molecule has 5 atom stereocenters. The van der Waals surface area contributed by atoms with Crippen molar-refractivity contribution in [3.05, 3.63) is 39.9 Å². The van der Waals surface area contributed by atoms with Crippen molar-refractivity contribution in [3.63, 3.8) is 0 Å². The Bertz CT molecular complexity index is 1370. The number of hydrogen-bond acceptors (Lipinski definition) is 8. The zero-order chi connectivity index (χ0) is 30.2. The third kappa shape index (κ3) is 6.79. The molecule has 1 aromatic carbocycles. The molecule has 2 aromatic rings. The highest BCUT2D eigenvalue weighted by Gasteiger charge is 2.57. The summed E-state index contributed by atoms with van der Waals surface area (Å²) in [6.45, 7) is 11.1. The van der Waals surface area contributed by atoms with Crippen molar-refractivity contribution in [1.29, 1.82) is 0 Å². The average molecular weight is 631 g/mol. The van der Waals surface area contributed by atoms with Gasteiger partial charge < -0.3 is 20.2 Å². The minimum absolute atomic E-state index is 0. The van der Waals surface area contributed by atoms with Crippen LogP contribution in [0.15, 0.2) is 23.5 Å². The highest BCUT2D eigenvalue weighted by atomic mass is 35.5. The number of amides is 1. The summed E-state index contributed by atoms with van der Waals surface area (Å²) in [4.78, 5) is 36.1. The van der Waals surface area contributed by atoms with E-state index in [1.54, 1.807) is 20.4 Å². The molecule has 8 nitrogen and oxygen atoms in total. The summed E-state index contributed by atoms with van der Waals surface area (Å²) in [6.07, 6.45) is 8.14. The number of rotatable bonds is 8. The number of carbonyl (C=O) groups is 2. The van der Waals surface area contributed by atoms with E-state index in [4.69, 9.17) is 9.57 Å². The summed E-state index contributed by atoms with van der Waals surface area (Å²) < 4.78 is 5.88. The zero-order valence-electron chi connectivity index (χ0n) is 26.5. The summed E-state index contributed by atoms with van der Waals surface area (Å²) in [7, 11) is 3.39. The van der Waals surface area contributed by atoms with Gasteiger partial charge in [0.25, 0.3) is 0 Å². The summed E-state index contributed by atoms with van der Waals surface area (Å²) in [5.74, 6) is 2.19. The van der Waals surface area contributed by atoms with Gasteiger partial charge in [0.2, 0.25) is 5.91 Å². The summed E-state index contributed by atoms with van der Waals surface area (Å²) >= 11 is 1.51. The summed E-state index contributed by atoms with van der Waals surface area (Å²) in [5.41, 5.74) is 4.76. The predicted octanol–water partition coefficient (Wildman–Crippen LogP) is 6.80. The van der Waals surface area contributed by atoms with Gasteiger partial charge in [-0.1, -0.05) is 38.9 Å². The number of esters is 1. The first-order chi connectivity index (χ1) is 19.9. The van der Waals surface area contributed by atoms with Crippen molar-refractivity contribution in [3.8, 4) is 5.75 Å². The second kappa shape index (κ2) is 13.2. The van der Waals surface area contributed by atoms with E-state index >= 15 is 0 Å². The molecular weight excluding hydrogens is 584 g/mol. The predicted molar refractivity (Wildman–Crippen MR) is 175 cm³/mol. The van der Waals surface area contributed by atoms with Crippen molar-refractivity contribution in [2.45, 2.75) is 90.9 Å². The Kier molecular flexibility index (Phi) is 10.3. The minimum Gasteiger partial charge on any atom is -0.425 e. The SMILES string of the molecule is CNCC(=O)Oc1cc2c(cc1C(C)(C)C)C1CC[C@]3(C)/C(=N/OC)C[C@@H](CCC(=O)Nc4ncc(C)s4)C3C1CC2.Cl. The molecule has 2 saturated carbocycles. The van der Waals surface area contributed by atoms with Gasteiger partial charge in [-0.25, -0.2) is 4.98 Å². The first kappa shape index (κ1) is 33.4. The number of aromatic nitrogens is 1. The van der Waals surface area contributed by atoms with Gasteiger partial charge in [0, 0.05) is 28.5 Å². The van der Waals surface area contributed by atoms with Crippen LogP contribution < -0.4 is 15.4 Å². The molecule has 10 heteroatoms. The van der Waals surface area contributed by atoms with E-state index in [0.29, 0.717) is 41.0 Å². The fourth-order valence-electron chi connectivity index (χ4n) is 8.08. The number of nitrogens with zero attached hydrogens (tertiary/aromatic N) is 2. The molecule has 1 heterocycles. The van der Waals surface area contributed by atoms with Crippen LogP contribution >= 0.6 is 23.7 Å². The first-order valence-electron chi connectivity index (χ1n) is 15.3. The topological polar surface area (TPSA) is 102 Å². The van der Waals surface area contributed by atoms with Crippen molar-refractivity contribution >= 4 is 46.5 Å². The fourth-order valence-corrected chi connectivity index (χ4v) is 8.76. The fraction of sp³-hybridized carbons (Fsp3) is 0.636. The molecule has 5 rings (SSSR count). The molecule has 43 heavy (non-hydrogen) atoms. The molecule has 3 aliphatic rings. The van der Waals surface area contributed by atoms with Crippen LogP contribution in [-0.4, -0.2) is 43.3 Å². The van der Waals surface area contributed by atoms with Gasteiger partial charge in [0.15, 0.2) is 5.13 Å². The van der Waals surface area contributed by atoms with Crippen LogP contribution in [0.5, 0.6) is 5.75 Å². The van der Waals surface area contributed by atoms with Gasteiger partial charge in [0.1, 0.15) is 12.9 Å². The normalized spacial score (nSPS) is 27.0. The number of carbonyl (C=O) groups excluding carboxylic acids is 2. The smallest absolute Gasteiger partial charge is 0.325 e. The second-order valence-electron chi connectivity index (χ2n) is 13.6. The van der Waals surface area contributed by atoms with Crippen molar-refractivity contribution in [2.24, 2.45) is 28.3 Å². The van der Waals surface area contributed by atoms with Crippen LogP contribution in [0.2, 0.25) is 0 Å². The Morgan fingerprint density at radius 3 is 2.65 bits per heavy atom. The highest BCUT2D eigenvalue weighted by molar-refractivity contribution is 7.15. The standard InChI is InChI=1S/C33H46N4O4S.ClH/c1-19-17-35-31(42-19)36-28(38)11-9-21-15-27(37-40-7)33(5)13-12-22-23(30(21)33)10-8-20-14-26(41-29(39)18-34-6)25(16-24(20)22)32(2,3)4;/h14,16-17,21-23,30,34H,8-13,15,18H2,1-7H3,(H,35,36,38);1H/b37-27+;/t21-,22?,23?,30?,33-;/m1./s1. The van der Waals surface area contributed by atoms with Crippen LogP contribution in [0, 0.1) is 30.1 Å². The number of ether oxygens (including phenoxy) is 1. The average Bonchev–Trinajstić information content (AvgIpc) is 3.46. The molecule has 3 unspecified atom stereocenters. The van der Waals surface area contributed by atoms with Crippen molar-refractivity contribution < 1.29 is 19.2 Å². The molecule has 2 N–H and O–H groups in total. The monoisotopic (exact) mass is 630 g/mol. The Morgan fingerprint density at radius 2 is 2.00 bits per heavy atom. The molecule has 1 aromatic heterocycles. The van der Waals surface area contributed by atoms with Crippen LogP contribution in [0.3, 0.4) is 0 Å². The molecule has 0 aliphatic heterocycles. The lowest BCUT2D eigenvalue weighted by atomic mass is 9.53. The Morgan fingerprint density at radius 1 is 1.23 bits per heavy atom. The zero-order valence-corrected chi connectivity index (χ0v) is 28.2. The molecule has 0 spiro atoms. The van der Waals surface area contributed by atoms with E-state index in [9.17, 15) is 9.59 Å². The van der Waals surface area contributed by atoms with E-state index in [2.05, 4.69) is 60.6 Å². The van der Waals surface area contributed by atoms with Gasteiger partial charge in [-0.3, -0.25) is 9.59 Å². The van der Waals surface area contributed by atoms with Crippen LogP contribution in [0.4, 0.5) is 5.13 Å². The maximum atomic E-state index is 12.9. The Balaban J connectivity index is 0.00000423. The quantitative estimate of drug-likeness (QED) is 0.189. The third-order valence-electron chi connectivity index (χ3n) is 9.86. The first-order valence-corrected chi connectivity index (χ1v) is 16.1. The molecule has 236 valence electrons. The maximum Gasteiger partial charge on any atom is 0.325 e. The number of benzene rings is 1. The molecule has 0 bridgehead atoms. The number of oxime groups is 1. The molecule has 2 fully saturated rings. The lowest BCUT2D eigenvalue weighted by molar-refractivity contribution is -0.133. The number of halogens is 1. The van der Waals surface area contributed by atoms with E-state index in [-0.39, 0.29) is 41.7 Å². The van der Waals surface area contributed by atoms with Crippen molar-refractivity contribution in [2.75, 3.05) is 26.0 Å². The maximum absolute atomic E-state index is 12.9. The number of aryl methyl sites for hydroxylation is 2. The van der Waals surface area contributed by atoms with Crippen LogP contribution in [0.1, 0.15) is 93.7 Å². The molecule has 3 aliphatic carbocycles. The Labute approximate surface area is 266 Å². The number of anilines is 1. The number of hydrogen-bond donors (Lipinski definition) is 2. The second-order valence-corrected chi connectivity index (χ2v) is 14.9. The van der Waals surface area contributed by atoms with E-state index in [1.807, 2.05) is 6.92 Å². The number of likely N-dealkylation sites (N-methyl/N-ethyl adjacent to an activating group) is 1. The molecule has 1 amide bonds. The minimum atomic E-state index is -0.266. The van der Waals surface area contributed by atoms with E-state index in [1.165, 1.54) is 22.5 Å². The number of thiazole rings is 1. The van der Waals surface area contributed by atoms with Gasteiger partial charge in [-0.15, -0.1) is 23.7 Å². The van der Waals surface area contributed by atoms with Gasteiger partial charge in [-0.2, -0.15) is 0 Å². The van der Waals surface area contributed by atoms with E-state index in [0.717, 1.165) is 54.7 Å². The van der Waals surface area contributed by atoms with Crippen LogP contribution in [0.25, 0.3) is 0 Å². The highest BCUT2D eigenvalue weighted by Crippen LogP contribution is 2.63. The van der Waals surface area contributed by atoms with Gasteiger partial charge >= 0.3 is 5.97 Å². The summed E-state index contributed by atoms with van der Waals surface area (Å²) in [6, 6.07) is 4.48. The van der Waals surface area contributed by atoms with Crippen molar-refractivity contribution in [1.82, 2.24) is 10.3 Å². The van der Waals surface area contributed by atoms with E-state index < -0.39 is 0 Å². The lowest BCUT2D eigenvalue weighted by Gasteiger charge is -2.50. The van der Waals surface area contributed by atoms with Gasteiger partial charge in [0.05, 0.1) is 12.3 Å². The lowest BCUT2D eigenvalue weighted by Crippen LogP contribution is -2.44.